The van der Waals surface area contributed by atoms with Crippen LogP contribution in [0.25, 0.3) is 11.3 Å². The van der Waals surface area contributed by atoms with Crippen molar-refractivity contribution in [2.45, 2.75) is 44.4 Å². The van der Waals surface area contributed by atoms with Crippen LogP contribution >= 0.6 is 11.6 Å². The molecule has 0 aliphatic heterocycles. The number of hydrogen-bond acceptors (Lipinski definition) is 5. The number of nitrogens with zero attached hydrogens (tertiary/aromatic N) is 1. The predicted octanol–water partition coefficient (Wildman–Crippen LogP) is 5.99. The Bertz CT molecular complexity index is 1120. The molecule has 0 atom stereocenters. The average Bonchev–Trinajstić information content (AvgIpc) is 3.28. The summed E-state index contributed by atoms with van der Waals surface area (Å²) in [7, 11) is 0. The zero-order valence-corrected chi connectivity index (χ0v) is 19.6. The molecule has 1 saturated carbocycles. The van der Waals surface area contributed by atoms with Gasteiger partial charge in [-0.3, -0.25) is 9.59 Å². The largest absolute Gasteiger partial charge is 0.481 e. The number of carbonyl (C=O) groups is 2. The molecule has 0 saturated heterocycles. The number of rotatable bonds is 9. The lowest BCUT2D eigenvalue weighted by atomic mass is 9.77. The third kappa shape index (κ3) is 6.60. The molecule has 1 amide bonds. The van der Waals surface area contributed by atoms with Gasteiger partial charge in [-0.05, 0) is 61.3 Å². The molecule has 34 heavy (non-hydrogen) atoms. The summed E-state index contributed by atoms with van der Waals surface area (Å²) in [5.74, 6) is 0.582. The van der Waals surface area contributed by atoms with E-state index in [1.165, 1.54) is 5.56 Å². The van der Waals surface area contributed by atoms with Crippen LogP contribution in [0.15, 0.2) is 59.1 Å². The van der Waals surface area contributed by atoms with Crippen molar-refractivity contribution in [3.05, 3.63) is 65.3 Å². The molecule has 0 radical (unpaired) electrons. The van der Waals surface area contributed by atoms with Crippen molar-refractivity contribution in [2.24, 2.45) is 5.92 Å². The van der Waals surface area contributed by atoms with Crippen LogP contribution in [0.3, 0.4) is 0 Å². The second kappa shape index (κ2) is 11.2. The number of oxazole rings is 1. The van der Waals surface area contributed by atoms with Crippen molar-refractivity contribution in [1.29, 1.82) is 0 Å². The van der Waals surface area contributed by atoms with E-state index in [1.54, 1.807) is 12.3 Å². The first kappa shape index (κ1) is 23.8. The first-order chi connectivity index (χ1) is 16.5. The smallest absolute Gasteiger partial charge is 0.305 e. The Labute approximate surface area is 203 Å². The molecule has 3 aromatic rings. The summed E-state index contributed by atoms with van der Waals surface area (Å²) in [4.78, 5) is 26.9. The van der Waals surface area contributed by atoms with Crippen LogP contribution < -0.4 is 10.6 Å². The minimum absolute atomic E-state index is 0.0394. The van der Waals surface area contributed by atoms with Gasteiger partial charge in [-0.2, -0.15) is 0 Å². The van der Waals surface area contributed by atoms with Gasteiger partial charge in [0.05, 0.1) is 12.6 Å². The summed E-state index contributed by atoms with van der Waals surface area (Å²) in [5.41, 5.74) is 3.07. The Morgan fingerprint density at radius 3 is 2.56 bits per heavy atom. The van der Waals surface area contributed by atoms with E-state index in [0.29, 0.717) is 35.1 Å². The van der Waals surface area contributed by atoms with E-state index in [1.807, 2.05) is 18.2 Å². The van der Waals surface area contributed by atoms with Gasteiger partial charge in [-0.15, -0.1) is 0 Å². The van der Waals surface area contributed by atoms with Gasteiger partial charge in [0.1, 0.15) is 0 Å². The maximum atomic E-state index is 12.0. The van der Waals surface area contributed by atoms with Crippen LogP contribution in [0.2, 0.25) is 5.02 Å². The van der Waals surface area contributed by atoms with E-state index in [4.69, 9.17) is 21.1 Å². The highest BCUT2D eigenvalue weighted by molar-refractivity contribution is 6.30. The molecule has 8 heteroatoms. The maximum Gasteiger partial charge on any atom is 0.305 e. The molecule has 0 unspecified atom stereocenters. The summed E-state index contributed by atoms with van der Waals surface area (Å²) >= 11 is 6.02. The number of carboxylic acids is 1. The molecule has 1 aromatic heterocycles. The molecule has 3 N–H and O–H groups in total. The van der Waals surface area contributed by atoms with E-state index in [-0.39, 0.29) is 18.9 Å². The Morgan fingerprint density at radius 1 is 1.09 bits per heavy atom. The molecule has 4 rings (SSSR count). The van der Waals surface area contributed by atoms with Crippen LogP contribution in [0, 0.1) is 5.92 Å². The Morgan fingerprint density at radius 2 is 1.85 bits per heavy atom. The lowest BCUT2D eigenvalue weighted by molar-refractivity contribution is -0.136. The molecule has 2 aromatic carbocycles. The summed E-state index contributed by atoms with van der Waals surface area (Å²) in [5, 5.41) is 15.1. The van der Waals surface area contributed by atoms with Crippen LogP contribution in [0.5, 0.6) is 0 Å². The topological polar surface area (TPSA) is 104 Å². The lowest BCUT2D eigenvalue weighted by Crippen LogP contribution is -2.28. The predicted molar refractivity (Wildman–Crippen MR) is 131 cm³/mol. The van der Waals surface area contributed by atoms with Gasteiger partial charge >= 0.3 is 5.97 Å². The summed E-state index contributed by atoms with van der Waals surface area (Å²) in [6, 6.07) is 16.2. The number of aromatic nitrogens is 1. The van der Waals surface area contributed by atoms with E-state index in [9.17, 15) is 9.59 Å². The van der Waals surface area contributed by atoms with Crippen molar-refractivity contribution >= 4 is 35.2 Å². The van der Waals surface area contributed by atoms with Crippen molar-refractivity contribution < 1.29 is 19.1 Å². The zero-order valence-electron chi connectivity index (χ0n) is 18.8. The number of benzene rings is 2. The molecule has 0 bridgehead atoms. The summed E-state index contributed by atoms with van der Waals surface area (Å²) < 4.78 is 5.86. The third-order valence-corrected chi connectivity index (χ3v) is 6.47. The average molecular weight is 482 g/mol. The Balaban J connectivity index is 1.27. The monoisotopic (exact) mass is 481 g/mol. The number of carboxylic acid groups (broad SMARTS) is 1. The van der Waals surface area contributed by atoms with Gasteiger partial charge in [0.2, 0.25) is 5.91 Å². The molecular formula is C26H28ClN3O4. The Hall–Kier alpha value is -3.32. The lowest BCUT2D eigenvalue weighted by Gasteiger charge is -2.28. The molecule has 7 nitrogen and oxygen atoms in total. The number of carbonyl (C=O) groups excluding carboxylic acids is 1. The fourth-order valence-electron chi connectivity index (χ4n) is 4.42. The number of anilines is 2. The second-order valence-corrected chi connectivity index (χ2v) is 9.14. The zero-order chi connectivity index (χ0) is 23.9. The normalized spacial score (nSPS) is 17.8. The fourth-order valence-corrected chi connectivity index (χ4v) is 4.61. The highest BCUT2D eigenvalue weighted by atomic mass is 35.5. The van der Waals surface area contributed by atoms with E-state index in [2.05, 4.69) is 39.9 Å². The number of hydrogen-bond donors (Lipinski definition) is 3. The van der Waals surface area contributed by atoms with Crippen LogP contribution in [-0.2, 0) is 9.59 Å². The minimum Gasteiger partial charge on any atom is -0.481 e. The van der Waals surface area contributed by atoms with Crippen LogP contribution in [-0.4, -0.2) is 28.5 Å². The van der Waals surface area contributed by atoms with Gasteiger partial charge in [-0.25, -0.2) is 4.98 Å². The molecule has 1 fully saturated rings. The number of aliphatic carboxylic acids is 1. The summed E-state index contributed by atoms with van der Waals surface area (Å²) in [6.07, 6.45) is 6.23. The fraction of sp³-hybridized carbons (Fsp3) is 0.346. The molecule has 0 spiro atoms. The van der Waals surface area contributed by atoms with Crippen molar-refractivity contribution in [3.63, 3.8) is 0 Å². The molecule has 1 heterocycles. The highest BCUT2D eigenvalue weighted by Crippen LogP contribution is 2.37. The molecule has 1 aliphatic rings. The van der Waals surface area contributed by atoms with Gasteiger partial charge in [-0.1, -0.05) is 41.9 Å². The van der Waals surface area contributed by atoms with E-state index >= 15 is 0 Å². The van der Waals surface area contributed by atoms with E-state index in [0.717, 1.165) is 36.9 Å². The van der Waals surface area contributed by atoms with Gasteiger partial charge in [0.25, 0.3) is 6.01 Å². The van der Waals surface area contributed by atoms with Crippen molar-refractivity contribution in [3.8, 4) is 11.3 Å². The van der Waals surface area contributed by atoms with Gasteiger partial charge in [0.15, 0.2) is 5.76 Å². The standard InChI is InChI=1S/C26H28ClN3O4/c27-21-2-1-3-22(15-21)30-26-29-16-23(34-26)20-10-8-19(9-11-20)18-6-4-17(5-7-18)14-24(31)28-13-12-25(32)33/h1-3,8-11,15-18H,4-7,12-14H2,(H,28,31)(H,29,30)(H,32,33)/t17-,18-. The van der Waals surface area contributed by atoms with E-state index < -0.39 is 5.97 Å². The SMILES string of the molecule is O=C(O)CCNC(=O)C[C@H]1CC[C@H](c2ccc(-c3cnc(Nc4cccc(Cl)c4)o3)cc2)CC1. The first-order valence-corrected chi connectivity index (χ1v) is 11.9. The number of nitrogens with one attached hydrogen (secondary N) is 2. The van der Waals surface area contributed by atoms with Gasteiger partial charge < -0.3 is 20.2 Å². The number of halogens is 1. The van der Waals surface area contributed by atoms with Gasteiger partial charge in [0, 0.05) is 29.2 Å². The van der Waals surface area contributed by atoms with Crippen molar-refractivity contribution in [2.75, 3.05) is 11.9 Å². The quantitative estimate of drug-likeness (QED) is 0.346. The highest BCUT2D eigenvalue weighted by Gasteiger charge is 2.24. The third-order valence-electron chi connectivity index (χ3n) is 6.23. The minimum atomic E-state index is -0.898. The number of amides is 1. The second-order valence-electron chi connectivity index (χ2n) is 8.70. The summed E-state index contributed by atoms with van der Waals surface area (Å²) in [6.45, 7) is 0.194. The molecular weight excluding hydrogens is 454 g/mol. The van der Waals surface area contributed by atoms with Crippen LogP contribution in [0.1, 0.15) is 50.0 Å². The van der Waals surface area contributed by atoms with Crippen LogP contribution in [0.4, 0.5) is 11.7 Å². The molecule has 178 valence electrons. The Kier molecular flexibility index (Phi) is 7.85. The molecule has 1 aliphatic carbocycles. The van der Waals surface area contributed by atoms with Crippen molar-refractivity contribution in [1.82, 2.24) is 10.3 Å². The first-order valence-electron chi connectivity index (χ1n) is 11.5. The maximum absolute atomic E-state index is 12.0.